The third-order valence-corrected chi connectivity index (χ3v) is 15.2. The Morgan fingerprint density at radius 1 is 0.966 bits per heavy atom. The molecule has 4 atom stereocenters. The molecule has 6 aliphatic rings. The summed E-state index contributed by atoms with van der Waals surface area (Å²) in [5.74, 6) is 1.58. The van der Waals surface area contributed by atoms with Gasteiger partial charge in [-0.05, 0) is 106 Å². The second-order valence-corrected chi connectivity index (χ2v) is 20.3. The third-order valence-electron chi connectivity index (χ3n) is 14.3. The fourth-order valence-corrected chi connectivity index (χ4v) is 13.8. The summed E-state index contributed by atoms with van der Waals surface area (Å²) >= 11 is 1.55. The molecular weight excluding hydrogens is 763 g/mol. The van der Waals surface area contributed by atoms with E-state index in [1.165, 1.54) is 45.2 Å². The van der Waals surface area contributed by atoms with Crippen molar-refractivity contribution in [3.8, 4) is 16.9 Å². The molecule has 5 aromatic rings. The van der Waals surface area contributed by atoms with E-state index in [1.54, 1.807) is 23.3 Å². The second-order valence-electron chi connectivity index (χ2n) is 19.3. The fraction of sp³-hybridized carbons (Fsp3) is 0.556. The molecule has 3 N–H and O–H groups in total. The number of likely N-dealkylation sites (tertiary alicyclic amines) is 1. The van der Waals surface area contributed by atoms with Gasteiger partial charge in [0.2, 0.25) is 0 Å². The van der Waals surface area contributed by atoms with Crippen LogP contribution in [0.4, 0.5) is 22.6 Å². The van der Waals surface area contributed by atoms with E-state index in [0.717, 1.165) is 95.3 Å². The zero-order chi connectivity index (χ0) is 40.7. The molecule has 14 heteroatoms. The van der Waals surface area contributed by atoms with Crippen molar-refractivity contribution in [1.82, 2.24) is 29.9 Å². The molecule has 59 heavy (non-hydrogen) atoms. The van der Waals surface area contributed by atoms with Crippen molar-refractivity contribution in [2.24, 2.45) is 16.2 Å². The van der Waals surface area contributed by atoms with E-state index in [-0.39, 0.29) is 27.5 Å². The Bertz CT molecular complexity index is 2440. The first-order valence-corrected chi connectivity index (χ1v) is 22.3. The number of nitrogens with one attached hydrogen (secondary N) is 2. The van der Waals surface area contributed by atoms with Crippen LogP contribution in [-0.2, 0) is 17.7 Å². The van der Waals surface area contributed by atoms with Gasteiger partial charge in [0.1, 0.15) is 18.1 Å². The number of thiazole rings is 1. The van der Waals surface area contributed by atoms with Gasteiger partial charge in [-0.25, -0.2) is 14.8 Å². The van der Waals surface area contributed by atoms with Crippen molar-refractivity contribution in [3.63, 3.8) is 0 Å². The first-order chi connectivity index (χ1) is 28.3. The van der Waals surface area contributed by atoms with E-state index < -0.39 is 5.97 Å². The van der Waals surface area contributed by atoms with Crippen LogP contribution in [0.15, 0.2) is 36.5 Å². The molecule has 0 radical (unpaired) electrons. The molecule has 4 aliphatic carbocycles. The molecular formula is C45H56N9O4S+. The van der Waals surface area contributed by atoms with Crippen LogP contribution in [-0.4, -0.2) is 86.5 Å². The molecule has 4 saturated carbocycles. The number of benzene rings is 1. The predicted octanol–water partition coefficient (Wildman–Crippen LogP) is 7.31. The van der Waals surface area contributed by atoms with Crippen LogP contribution in [0.3, 0.4) is 0 Å². The average Bonchev–Trinajstić information content (AvgIpc) is 3.94. The van der Waals surface area contributed by atoms with Gasteiger partial charge in [0, 0.05) is 59.9 Å². The highest BCUT2D eigenvalue weighted by atomic mass is 32.1. The molecule has 11 rings (SSSR count). The van der Waals surface area contributed by atoms with Crippen LogP contribution >= 0.6 is 11.3 Å². The molecule has 0 amide bonds. The summed E-state index contributed by atoms with van der Waals surface area (Å²) < 4.78 is 15.6. The van der Waals surface area contributed by atoms with Gasteiger partial charge in [-0.1, -0.05) is 25.2 Å². The Labute approximate surface area is 349 Å². The lowest BCUT2D eigenvalue weighted by atomic mass is 9.39. The first-order valence-electron chi connectivity index (χ1n) is 21.4. The van der Waals surface area contributed by atoms with Crippen molar-refractivity contribution >= 4 is 50.1 Å². The summed E-state index contributed by atoms with van der Waals surface area (Å²) in [6, 6.07) is 9.66. The maximum atomic E-state index is 13.0. The third kappa shape index (κ3) is 6.94. The number of carbonyl (C=O) groups is 1. The fourth-order valence-electron chi connectivity index (χ4n) is 13.0. The number of nitrogens with zero attached hydrogens (tertiary/aromatic N) is 7. The highest BCUT2D eigenvalue weighted by Gasteiger charge is 2.66. The molecule has 13 nitrogen and oxygen atoms in total. The Balaban J connectivity index is 0.899. The number of quaternary nitrogens is 1. The molecule has 2 unspecified atom stereocenters. The highest BCUT2D eigenvalue weighted by Crippen LogP contribution is 2.72. The number of ether oxygens (including phenoxy) is 2. The van der Waals surface area contributed by atoms with E-state index in [2.05, 4.69) is 41.0 Å². The molecule has 0 spiro atoms. The lowest BCUT2D eigenvalue weighted by Crippen LogP contribution is -3.10. The maximum Gasteiger partial charge on any atom is 0.355 e. The van der Waals surface area contributed by atoms with Gasteiger partial charge >= 0.3 is 5.97 Å². The minimum Gasteiger partial charge on any atom is -0.497 e. The minimum absolute atomic E-state index is 0.00928. The summed E-state index contributed by atoms with van der Waals surface area (Å²) in [4.78, 5) is 26.2. The average molecular weight is 819 g/mol. The number of hydrogen-bond donors (Lipinski definition) is 3. The largest absolute Gasteiger partial charge is 0.497 e. The molecule has 1 aromatic carbocycles. The Morgan fingerprint density at radius 3 is 2.53 bits per heavy atom. The summed E-state index contributed by atoms with van der Waals surface area (Å²) in [6.45, 7) is 15.1. The SMILES string of the molecule is COc1ccc2sc(Nc3nnc4c(c3C)CCCN4c3ccc(-c4cnn(CC56CC7(OCC[NH+]8CCCC8)C[C@](C)(C5)C[C@](C)(C6)C7)c4C)c(C(=O)O)n3)nc2c1. The number of rotatable bonds is 12. The standard InChI is InChI=1S/C45H55N9O4S/c1-28-31-9-8-16-53(39(31)51-50-38(28)49-41-47-34-19-30(57-5)10-12-35(34)59-41)36-13-11-32(37(48-36)40(55)56)33-20-46-54(29(33)2)27-44-22-42(3)21-43(4,23-44)25-45(24-42,26-44)58-18-17-52-14-6-7-15-52/h10-13,19-20H,6-9,14-18,21-27H2,1-5H3,(H,55,56)(H,47,49,50)/p+1/t42-,43+,44?,45?. The highest BCUT2D eigenvalue weighted by molar-refractivity contribution is 7.22. The van der Waals surface area contributed by atoms with Gasteiger partial charge in [-0.15, -0.1) is 10.2 Å². The van der Waals surface area contributed by atoms with Gasteiger partial charge in [-0.2, -0.15) is 5.10 Å². The van der Waals surface area contributed by atoms with Crippen molar-refractivity contribution in [3.05, 3.63) is 59.0 Å². The van der Waals surface area contributed by atoms with E-state index in [1.807, 2.05) is 48.4 Å². The summed E-state index contributed by atoms with van der Waals surface area (Å²) in [5.41, 5.74) is 5.78. The number of aromatic carboxylic acids is 1. The summed E-state index contributed by atoms with van der Waals surface area (Å²) in [6.07, 6.45) is 13.2. The summed E-state index contributed by atoms with van der Waals surface area (Å²) in [5, 5.41) is 29.0. The van der Waals surface area contributed by atoms with Crippen molar-refractivity contribution in [2.75, 3.05) is 50.1 Å². The van der Waals surface area contributed by atoms with E-state index in [9.17, 15) is 9.90 Å². The number of anilines is 4. The van der Waals surface area contributed by atoms with Crippen LogP contribution in [0.1, 0.15) is 98.9 Å². The number of carboxylic acids is 1. The molecule has 4 aromatic heterocycles. The number of carboxylic acid groups (broad SMARTS) is 1. The Morgan fingerprint density at radius 2 is 1.76 bits per heavy atom. The topological polar surface area (TPSA) is 145 Å². The minimum atomic E-state index is -1.07. The molecule has 1 saturated heterocycles. The zero-order valence-corrected chi connectivity index (χ0v) is 35.8. The van der Waals surface area contributed by atoms with Gasteiger partial charge < -0.3 is 29.7 Å². The van der Waals surface area contributed by atoms with Crippen molar-refractivity contribution in [2.45, 2.75) is 104 Å². The first kappa shape index (κ1) is 38.5. The molecule has 2 aliphatic heterocycles. The van der Waals surface area contributed by atoms with Crippen molar-refractivity contribution in [1.29, 1.82) is 0 Å². The van der Waals surface area contributed by atoms with Gasteiger partial charge in [-0.3, -0.25) is 4.68 Å². The Kier molecular flexibility index (Phi) is 9.29. The monoisotopic (exact) mass is 818 g/mol. The lowest BCUT2D eigenvalue weighted by Gasteiger charge is -2.69. The predicted molar refractivity (Wildman–Crippen MR) is 229 cm³/mol. The molecule has 310 valence electrons. The van der Waals surface area contributed by atoms with Gasteiger partial charge in [0.25, 0.3) is 0 Å². The number of methoxy groups -OCH3 is 1. The number of pyridine rings is 1. The molecule has 5 fully saturated rings. The quantitative estimate of drug-likeness (QED) is 0.117. The van der Waals surface area contributed by atoms with Crippen LogP contribution in [0.25, 0.3) is 21.3 Å². The van der Waals surface area contributed by atoms with Gasteiger partial charge in [0.15, 0.2) is 22.5 Å². The molecule has 4 bridgehead atoms. The maximum absolute atomic E-state index is 13.0. The zero-order valence-electron chi connectivity index (χ0n) is 35.0. The second kappa shape index (κ2) is 14.2. The van der Waals surface area contributed by atoms with Crippen LogP contribution in [0.5, 0.6) is 5.75 Å². The van der Waals surface area contributed by atoms with Crippen LogP contribution in [0.2, 0.25) is 0 Å². The lowest BCUT2D eigenvalue weighted by molar-refractivity contribution is -0.888. The summed E-state index contributed by atoms with van der Waals surface area (Å²) in [7, 11) is 1.65. The molecule has 6 heterocycles. The van der Waals surface area contributed by atoms with Gasteiger partial charge in [0.05, 0.1) is 48.8 Å². The smallest absolute Gasteiger partial charge is 0.355 e. The van der Waals surface area contributed by atoms with E-state index in [0.29, 0.717) is 29.6 Å². The number of hydrogen-bond acceptors (Lipinski definition) is 11. The number of aromatic nitrogens is 6. The van der Waals surface area contributed by atoms with Crippen molar-refractivity contribution < 1.29 is 24.3 Å². The number of fused-ring (bicyclic) bond motifs is 2. The normalized spacial score (nSPS) is 27.4. The van der Waals surface area contributed by atoms with Crippen LogP contribution < -0.4 is 19.9 Å². The van der Waals surface area contributed by atoms with E-state index >= 15 is 0 Å². The van der Waals surface area contributed by atoms with E-state index in [4.69, 9.17) is 24.5 Å². The Hall–Kier alpha value is -4.66. The van der Waals surface area contributed by atoms with Crippen LogP contribution in [0, 0.1) is 30.1 Å².